The van der Waals surface area contributed by atoms with Crippen LogP contribution in [0.1, 0.15) is 5.69 Å². The van der Waals surface area contributed by atoms with E-state index in [4.69, 9.17) is 34.8 Å². The van der Waals surface area contributed by atoms with Crippen LogP contribution in [0.4, 0.5) is 11.4 Å². The Balaban J connectivity index is 2.10. The molecule has 2 N–H and O–H groups in total. The number of H-pyrrole nitrogens is 1. The number of aryl methyl sites for hydroxylation is 1. The zero-order valence-electron chi connectivity index (χ0n) is 11.2. The quantitative estimate of drug-likeness (QED) is 0.640. The highest BCUT2D eigenvalue weighted by Crippen LogP contribution is 2.30. The van der Waals surface area contributed by atoms with Crippen molar-refractivity contribution >= 4 is 57.1 Å². The molecular weight excluding hydrogens is 327 g/mol. The number of rotatable bonds is 2. The second kappa shape index (κ2) is 5.72. The van der Waals surface area contributed by atoms with Gasteiger partial charge in [-0.25, -0.2) is 4.98 Å². The number of hydrogen-bond donors (Lipinski definition) is 1. The first-order valence-electron chi connectivity index (χ1n) is 6.37. The highest BCUT2D eigenvalue weighted by atomic mass is 35.5. The maximum absolute atomic E-state index is 6.10. The SMILES string of the molecule is Cc1cc(Nc2ccc(Cl)c(Cl)c2)c2cc(Cl)ccc2[nH+]1. The summed E-state index contributed by atoms with van der Waals surface area (Å²) >= 11 is 18.1. The molecule has 0 fully saturated rings. The fraction of sp³-hybridized carbons (Fsp3) is 0.0625. The Morgan fingerprint density at radius 3 is 2.48 bits per heavy atom. The number of fused-ring (bicyclic) bond motifs is 1. The number of halogens is 3. The molecule has 0 atom stereocenters. The molecule has 0 spiro atoms. The highest BCUT2D eigenvalue weighted by molar-refractivity contribution is 6.42. The second-order valence-corrected chi connectivity index (χ2v) is 6.06. The molecule has 0 bridgehead atoms. The highest BCUT2D eigenvalue weighted by Gasteiger charge is 2.10. The van der Waals surface area contributed by atoms with E-state index in [0.717, 1.165) is 28.0 Å². The fourth-order valence-electron chi connectivity index (χ4n) is 2.22. The topological polar surface area (TPSA) is 26.2 Å². The van der Waals surface area contributed by atoms with Crippen LogP contribution < -0.4 is 10.3 Å². The summed E-state index contributed by atoms with van der Waals surface area (Å²) in [7, 11) is 0. The van der Waals surface area contributed by atoms with Crippen molar-refractivity contribution in [1.29, 1.82) is 0 Å². The minimum atomic E-state index is 0.517. The van der Waals surface area contributed by atoms with E-state index in [1.54, 1.807) is 12.1 Å². The zero-order chi connectivity index (χ0) is 15.0. The van der Waals surface area contributed by atoms with E-state index in [9.17, 15) is 0 Å². The molecule has 106 valence electrons. The summed E-state index contributed by atoms with van der Waals surface area (Å²) in [6, 6.07) is 13.2. The minimum absolute atomic E-state index is 0.517. The molecule has 0 aliphatic heterocycles. The first-order valence-corrected chi connectivity index (χ1v) is 7.50. The third kappa shape index (κ3) is 3.08. The van der Waals surface area contributed by atoms with E-state index in [2.05, 4.69) is 10.3 Å². The van der Waals surface area contributed by atoms with Gasteiger partial charge in [-0.3, -0.25) is 0 Å². The van der Waals surface area contributed by atoms with Crippen LogP contribution in [0, 0.1) is 6.92 Å². The summed E-state index contributed by atoms with van der Waals surface area (Å²) < 4.78 is 0. The van der Waals surface area contributed by atoms with E-state index < -0.39 is 0 Å². The van der Waals surface area contributed by atoms with Crippen molar-refractivity contribution < 1.29 is 4.98 Å². The monoisotopic (exact) mass is 337 g/mol. The molecule has 1 heterocycles. The van der Waals surface area contributed by atoms with Gasteiger partial charge < -0.3 is 5.32 Å². The maximum Gasteiger partial charge on any atom is 0.213 e. The van der Waals surface area contributed by atoms with Gasteiger partial charge in [-0.15, -0.1) is 0 Å². The number of aromatic amines is 1. The predicted molar refractivity (Wildman–Crippen MR) is 90.0 cm³/mol. The van der Waals surface area contributed by atoms with Crippen LogP contribution in [0.25, 0.3) is 10.9 Å². The second-order valence-electron chi connectivity index (χ2n) is 4.81. The molecule has 3 aromatic rings. The Hall–Kier alpha value is -1.48. The van der Waals surface area contributed by atoms with Gasteiger partial charge in [-0.05, 0) is 30.3 Å². The van der Waals surface area contributed by atoms with Crippen LogP contribution in [0.5, 0.6) is 0 Å². The normalized spacial score (nSPS) is 10.9. The summed E-state index contributed by atoms with van der Waals surface area (Å²) in [6.07, 6.45) is 0. The van der Waals surface area contributed by atoms with Gasteiger partial charge >= 0.3 is 0 Å². The van der Waals surface area contributed by atoms with Crippen molar-refractivity contribution in [3.8, 4) is 0 Å². The molecule has 0 saturated heterocycles. The van der Waals surface area contributed by atoms with Crippen molar-refractivity contribution in [1.82, 2.24) is 0 Å². The molecule has 0 aliphatic rings. The molecule has 0 amide bonds. The van der Waals surface area contributed by atoms with Gasteiger partial charge in [0.25, 0.3) is 0 Å². The third-order valence-electron chi connectivity index (χ3n) is 3.16. The van der Waals surface area contributed by atoms with Crippen molar-refractivity contribution in [2.45, 2.75) is 6.92 Å². The summed E-state index contributed by atoms with van der Waals surface area (Å²) in [4.78, 5) is 3.32. The number of anilines is 2. The predicted octanol–water partition coefficient (Wildman–Crippen LogP) is 5.67. The molecule has 0 aliphatic carbocycles. The molecule has 0 saturated carbocycles. The molecule has 2 nitrogen and oxygen atoms in total. The van der Waals surface area contributed by atoms with Crippen molar-refractivity contribution in [3.63, 3.8) is 0 Å². The molecule has 0 unspecified atom stereocenters. The summed E-state index contributed by atoms with van der Waals surface area (Å²) in [5, 5.41) is 6.12. The van der Waals surface area contributed by atoms with Crippen LogP contribution in [0.15, 0.2) is 42.5 Å². The lowest BCUT2D eigenvalue weighted by molar-refractivity contribution is -0.354. The number of nitrogens with one attached hydrogen (secondary N) is 2. The fourth-order valence-corrected chi connectivity index (χ4v) is 2.69. The van der Waals surface area contributed by atoms with E-state index in [1.165, 1.54) is 0 Å². The average molecular weight is 339 g/mol. The lowest BCUT2D eigenvalue weighted by Gasteiger charge is -2.09. The Kier molecular flexibility index (Phi) is 3.94. The molecule has 2 aromatic carbocycles. The van der Waals surface area contributed by atoms with Crippen molar-refractivity contribution in [2.75, 3.05) is 5.32 Å². The molecule has 21 heavy (non-hydrogen) atoms. The summed E-state index contributed by atoms with van der Waals surface area (Å²) in [5.41, 5.74) is 3.90. The average Bonchev–Trinajstić information content (AvgIpc) is 2.43. The Morgan fingerprint density at radius 2 is 1.71 bits per heavy atom. The Bertz CT molecular complexity index is 831. The van der Waals surface area contributed by atoms with E-state index >= 15 is 0 Å². The standard InChI is InChI=1S/C16H11Cl3N2/c1-9-6-16(12-7-10(17)2-5-15(12)20-9)21-11-3-4-13(18)14(19)8-11/h2-8H,1H3,(H,20,21)/p+1. The number of benzene rings is 2. The molecule has 0 radical (unpaired) electrons. The van der Waals surface area contributed by atoms with Gasteiger partial charge in [0.05, 0.1) is 21.1 Å². The van der Waals surface area contributed by atoms with Crippen molar-refractivity contribution in [3.05, 3.63) is 63.2 Å². The summed E-state index contributed by atoms with van der Waals surface area (Å²) in [5.74, 6) is 0. The van der Waals surface area contributed by atoms with Gasteiger partial charge in [-0.1, -0.05) is 34.8 Å². The molecule has 5 heteroatoms. The van der Waals surface area contributed by atoms with Crippen molar-refractivity contribution in [2.24, 2.45) is 0 Å². The smallest absolute Gasteiger partial charge is 0.213 e. The summed E-state index contributed by atoms with van der Waals surface area (Å²) in [6.45, 7) is 2.01. The van der Waals surface area contributed by atoms with Crippen LogP contribution in [-0.2, 0) is 0 Å². The Morgan fingerprint density at radius 1 is 0.905 bits per heavy atom. The maximum atomic E-state index is 6.10. The van der Waals surface area contributed by atoms with Crippen LogP contribution in [0.2, 0.25) is 15.1 Å². The largest absolute Gasteiger partial charge is 0.355 e. The molecule has 3 rings (SSSR count). The van der Waals surface area contributed by atoms with E-state index in [0.29, 0.717) is 15.1 Å². The third-order valence-corrected chi connectivity index (χ3v) is 4.14. The first kappa shape index (κ1) is 14.5. The van der Waals surface area contributed by atoms with Crippen LogP contribution >= 0.6 is 34.8 Å². The number of aromatic nitrogens is 1. The van der Waals surface area contributed by atoms with Crippen LogP contribution in [0.3, 0.4) is 0 Å². The zero-order valence-corrected chi connectivity index (χ0v) is 13.4. The lowest BCUT2D eigenvalue weighted by Crippen LogP contribution is -2.09. The minimum Gasteiger partial charge on any atom is -0.355 e. The van der Waals surface area contributed by atoms with E-state index in [1.807, 2.05) is 37.3 Å². The van der Waals surface area contributed by atoms with E-state index in [-0.39, 0.29) is 0 Å². The van der Waals surface area contributed by atoms with Gasteiger partial charge in [0.15, 0.2) is 5.69 Å². The number of hydrogen-bond acceptors (Lipinski definition) is 1. The van der Waals surface area contributed by atoms with Gasteiger partial charge in [0, 0.05) is 29.8 Å². The van der Waals surface area contributed by atoms with Gasteiger partial charge in [0.1, 0.15) is 0 Å². The lowest BCUT2D eigenvalue weighted by atomic mass is 10.1. The first-order chi connectivity index (χ1) is 10.0. The van der Waals surface area contributed by atoms with Gasteiger partial charge in [-0.2, -0.15) is 0 Å². The Labute approximate surface area is 137 Å². The van der Waals surface area contributed by atoms with Gasteiger partial charge in [0.2, 0.25) is 5.52 Å². The number of pyridine rings is 1. The van der Waals surface area contributed by atoms with Crippen LogP contribution in [-0.4, -0.2) is 0 Å². The molecular formula is C16H12Cl3N2+. The molecule has 1 aromatic heterocycles.